The minimum atomic E-state index is -0.0919. The minimum absolute atomic E-state index is 0.0919. The van der Waals surface area contributed by atoms with E-state index in [0.717, 1.165) is 44.6 Å². The van der Waals surface area contributed by atoms with Crippen molar-refractivity contribution in [3.05, 3.63) is 205 Å². The van der Waals surface area contributed by atoms with Gasteiger partial charge in [0.2, 0.25) is 5.95 Å². The summed E-state index contributed by atoms with van der Waals surface area (Å²) in [5.41, 5.74) is 16.3. The molecule has 3 aromatic heterocycles. The van der Waals surface area contributed by atoms with Crippen molar-refractivity contribution in [3.8, 4) is 39.3 Å². The Morgan fingerprint density at radius 1 is 0.397 bits per heavy atom. The zero-order valence-electron chi connectivity index (χ0n) is 34.8. The maximum atomic E-state index is 5.48. The molecule has 1 aliphatic carbocycles. The molecule has 0 saturated heterocycles. The zero-order chi connectivity index (χ0) is 41.6. The number of para-hydroxylation sites is 3. The molecule has 1 aliphatic rings. The second-order valence-electron chi connectivity index (χ2n) is 17.7. The number of hydrogen-bond acceptors (Lipinski definition) is 2. The normalized spacial score (nSPS) is 13.4. The van der Waals surface area contributed by atoms with Crippen LogP contribution in [0.25, 0.3) is 121 Å². The summed E-state index contributed by atoms with van der Waals surface area (Å²) in [6, 6.07) is 71.2. The number of hydrogen-bond donors (Lipinski definition) is 0. The fourth-order valence-corrected chi connectivity index (χ4v) is 11.2. The van der Waals surface area contributed by atoms with Gasteiger partial charge in [-0.05, 0) is 125 Å². The fourth-order valence-electron chi connectivity index (χ4n) is 11.2. The SMILES string of the molecule is CC1(C)c2ccccc2-c2ccc(-c3c4ccccc4c(-c4ccc5c(c4)c4c6ccccc6ccc4n5-c4nc5ccccc5c5nc6ccccc6n45)c4ccccc34)cc21. The van der Waals surface area contributed by atoms with Crippen molar-refractivity contribution in [1.29, 1.82) is 0 Å². The van der Waals surface area contributed by atoms with E-state index in [2.05, 4.69) is 217 Å². The van der Waals surface area contributed by atoms with E-state index in [1.54, 1.807) is 0 Å². The Labute approximate surface area is 362 Å². The summed E-state index contributed by atoms with van der Waals surface area (Å²) in [6.07, 6.45) is 0. The van der Waals surface area contributed by atoms with Crippen LogP contribution in [0.15, 0.2) is 194 Å². The molecule has 0 saturated carbocycles. The van der Waals surface area contributed by atoms with Crippen LogP contribution in [0.5, 0.6) is 0 Å². The van der Waals surface area contributed by atoms with Crippen molar-refractivity contribution in [2.24, 2.45) is 0 Å². The standard InChI is InChI=1S/C59H38N4/c1-59(2)47-23-11-9-17-39(47)40-30-27-37(34-48(40)59)55-43-20-7-5-18-41(43)54(42-19-6-8-21-44(42)55)36-29-31-51-46(33-36)56-38-16-4-3-15-35(38)28-32-53(56)62(51)58-61-49-24-12-10-22-45(49)57-60-50-25-13-14-26-52(50)63(57)58/h3-34H,1-2H3. The molecule has 0 spiro atoms. The van der Waals surface area contributed by atoms with Gasteiger partial charge in [-0.1, -0.05) is 159 Å². The van der Waals surface area contributed by atoms with Crippen LogP contribution in [0.1, 0.15) is 25.0 Å². The maximum Gasteiger partial charge on any atom is 0.221 e. The van der Waals surface area contributed by atoms with Crippen molar-refractivity contribution in [3.63, 3.8) is 0 Å². The van der Waals surface area contributed by atoms with Gasteiger partial charge in [-0.25, -0.2) is 9.97 Å². The summed E-state index contributed by atoms with van der Waals surface area (Å²) < 4.78 is 4.61. The zero-order valence-corrected chi connectivity index (χ0v) is 34.8. The van der Waals surface area contributed by atoms with Gasteiger partial charge < -0.3 is 0 Å². The van der Waals surface area contributed by atoms with E-state index < -0.39 is 0 Å². The predicted octanol–water partition coefficient (Wildman–Crippen LogP) is 15.2. The van der Waals surface area contributed by atoms with Crippen molar-refractivity contribution in [2.45, 2.75) is 19.3 Å². The molecule has 0 unspecified atom stereocenters. The lowest BCUT2D eigenvalue weighted by atomic mass is 9.80. The third-order valence-corrected chi connectivity index (χ3v) is 14.1. The van der Waals surface area contributed by atoms with E-state index in [9.17, 15) is 0 Å². The summed E-state index contributed by atoms with van der Waals surface area (Å²) >= 11 is 0. The van der Waals surface area contributed by atoms with Gasteiger partial charge in [0.15, 0.2) is 0 Å². The summed E-state index contributed by atoms with van der Waals surface area (Å²) in [7, 11) is 0. The number of aromatic nitrogens is 4. The first-order valence-corrected chi connectivity index (χ1v) is 21.8. The van der Waals surface area contributed by atoms with Gasteiger partial charge in [-0.3, -0.25) is 8.97 Å². The predicted molar refractivity (Wildman–Crippen MR) is 263 cm³/mol. The van der Waals surface area contributed by atoms with Gasteiger partial charge in [-0.15, -0.1) is 0 Å². The van der Waals surface area contributed by atoms with Gasteiger partial charge in [-0.2, -0.15) is 0 Å². The molecular weight excluding hydrogens is 765 g/mol. The highest BCUT2D eigenvalue weighted by Crippen LogP contribution is 2.52. The Morgan fingerprint density at radius 2 is 0.968 bits per heavy atom. The topological polar surface area (TPSA) is 35.1 Å². The van der Waals surface area contributed by atoms with E-state index in [0.29, 0.717) is 0 Å². The third kappa shape index (κ3) is 4.64. The van der Waals surface area contributed by atoms with Gasteiger partial charge in [0.1, 0.15) is 5.65 Å². The molecular formula is C59H38N4. The van der Waals surface area contributed by atoms with Crippen molar-refractivity contribution in [1.82, 2.24) is 18.9 Å². The van der Waals surface area contributed by atoms with Crippen LogP contribution in [0.3, 0.4) is 0 Å². The molecule has 63 heavy (non-hydrogen) atoms. The van der Waals surface area contributed by atoms with E-state index in [1.807, 2.05) is 0 Å². The quantitative estimate of drug-likeness (QED) is 0.167. The first kappa shape index (κ1) is 34.6. The molecule has 0 bridgehead atoms. The monoisotopic (exact) mass is 802 g/mol. The van der Waals surface area contributed by atoms with Crippen LogP contribution in [-0.2, 0) is 5.41 Å². The second-order valence-corrected chi connectivity index (χ2v) is 17.7. The van der Waals surface area contributed by atoms with Crippen LogP contribution in [0, 0.1) is 0 Å². The van der Waals surface area contributed by atoms with Crippen molar-refractivity contribution < 1.29 is 0 Å². The smallest absolute Gasteiger partial charge is 0.221 e. The number of fused-ring (bicyclic) bond motifs is 15. The van der Waals surface area contributed by atoms with Gasteiger partial charge in [0.25, 0.3) is 0 Å². The highest BCUT2D eigenvalue weighted by atomic mass is 15.2. The van der Waals surface area contributed by atoms with Gasteiger partial charge in [0.05, 0.1) is 27.6 Å². The van der Waals surface area contributed by atoms with Crippen LogP contribution >= 0.6 is 0 Å². The van der Waals surface area contributed by atoms with Crippen molar-refractivity contribution in [2.75, 3.05) is 0 Å². The Hall–Kier alpha value is -8.08. The first-order chi connectivity index (χ1) is 31.0. The molecule has 4 nitrogen and oxygen atoms in total. The Kier molecular flexibility index (Phi) is 6.87. The molecule has 4 heteroatoms. The largest absolute Gasteiger partial charge is 0.279 e. The molecule has 0 aliphatic heterocycles. The molecule has 13 aromatic rings. The second kappa shape index (κ2) is 12.5. The van der Waals surface area contributed by atoms with Gasteiger partial charge in [0, 0.05) is 21.6 Å². The Bertz CT molecular complexity index is 4070. The lowest BCUT2D eigenvalue weighted by Gasteiger charge is -2.23. The van der Waals surface area contributed by atoms with E-state index in [4.69, 9.17) is 9.97 Å². The number of rotatable bonds is 3. The summed E-state index contributed by atoms with van der Waals surface area (Å²) in [4.78, 5) is 10.7. The average molecular weight is 803 g/mol. The molecule has 0 radical (unpaired) electrons. The van der Waals surface area contributed by atoms with Crippen LogP contribution in [-0.4, -0.2) is 18.9 Å². The molecule has 0 atom stereocenters. The molecule has 0 fully saturated rings. The lowest BCUT2D eigenvalue weighted by molar-refractivity contribution is 0.660. The number of nitrogens with zero attached hydrogens (tertiary/aromatic N) is 4. The van der Waals surface area contributed by atoms with Crippen LogP contribution in [0.4, 0.5) is 0 Å². The fraction of sp³-hybridized carbons (Fsp3) is 0.0508. The Balaban J connectivity index is 1.06. The number of benzene rings is 10. The average Bonchev–Trinajstić information content (AvgIpc) is 3.96. The van der Waals surface area contributed by atoms with Crippen LogP contribution in [0.2, 0.25) is 0 Å². The van der Waals surface area contributed by atoms with Crippen LogP contribution < -0.4 is 0 Å². The molecule has 294 valence electrons. The van der Waals surface area contributed by atoms with Crippen molar-refractivity contribution >= 4 is 81.7 Å². The van der Waals surface area contributed by atoms with E-state index >= 15 is 0 Å². The summed E-state index contributed by atoms with van der Waals surface area (Å²) in [5, 5.41) is 10.8. The molecule has 3 heterocycles. The number of imidazole rings is 1. The highest BCUT2D eigenvalue weighted by molar-refractivity contribution is 6.25. The first-order valence-electron chi connectivity index (χ1n) is 21.8. The summed E-state index contributed by atoms with van der Waals surface area (Å²) in [5.74, 6) is 0.821. The molecule has 10 aromatic carbocycles. The molecule has 0 amide bonds. The maximum absolute atomic E-state index is 5.48. The molecule has 0 N–H and O–H groups in total. The summed E-state index contributed by atoms with van der Waals surface area (Å²) in [6.45, 7) is 4.74. The Morgan fingerprint density at radius 3 is 1.73 bits per heavy atom. The van der Waals surface area contributed by atoms with E-state index in [1.165, 1.54) is 87.6 Å². The van der Waals surface area contributed by atoms with E-state index in [-0.39, 0.29) is 5.41 Å². The van der Waals surface area contributed by atoms with Gasteiger partial charge >= 0.3 is 0 Å². The lowest BCUT2D eigenvalue weighted by Crippen LogP contribution is -2.14. The molecule has 14 rings (SSSR count). The highest BCUT2D eigenvalue weighted by Gasteiger charge is 2.35. The minimum Gasteiger partial charge on any atom is -0.279 e. The third-order valence-electron chi connectivity index (χ3n) is 14.1.